The third-order valence-corrected chi connectivity index (χ3v) is 4.32. The average molecular weight is 374 g/mol. The minimum atomic E-state index is -0.476. The number of carbonyl (C=O) groups excluding carboxylic acids is 2. The van der Waals surface area contributed by atoms with E-state index in [9.17, 15) is 9.59 Å². The SMILES string of the molecule is COc1ccc(NC(=O)CNC(=O)C(c2ccccc2)c2ccccc2)cc1. The number of anilines is 1. The van der Waals surface area contributed by atoms with Gasteiger partial charge in [-0.15, -0.1) is 0 Å². The lowest BCUT2D eigenvalue weighted by Crippen LogP contribution is -2.36. The van der Waals surface area contributed by atoms with Gasteiger partial charge in [0.05, 0.1) is 19.6 Å². The third-order valence-electron chi connectivity index (χ3n) is 4.32. The Morgan fingerprint density at radius 3 is 1.86 bits per heavy atom. The highest BCUT2D eigenvalue weighted by molar-refractivity contribution is 5.96. The van der Waals surface area contributed by atoms with Crippen LogP contribution in [0.2, 0.25) is 0 Å². The summed E-state index contributed by atoms with van der Waals surface area (Å²) in [5.74, 6) is -0.281. The van der Waals surface area contributed by atoms with Gasteiger partial charge in [-0.3, -0.25) is 9.59 Å². The first-order valence-corrected chi connectivity index (χ1v) is 8.99. The van der Waals surface area contributed by atoms with E-state index in [1.165, 1.54) is 0 Å². The number of hydrogen-bond donors (Lipinski definition) is 2. The van der Waals surface area contributed by atoms with E-state index in [1.54, 1.807) is 31.4 Å². The summed E-state index contributed by atoms with van der Waals surface area (Å²) in [5.41, 5.74) is 2.39. The van der Waals surface area contributed by atoms with Gasteiger partial charge >= 0.3 is 0 Å². The van der Waals surface area contributed by atoms with Gasteiger partial charge in [0, 0.05) is 5.69 Å². The minimum Gasteiger partial charge on any atom is -0.497 e. The number of rotatable bonds is 7. The van der Waals surface area contributed by atoms with Crippen LogP contribution >= 0.6 is 0 Å². The van der Waals surface area contributed by atoms with Gasteiger partial charge in [-0.05, 0) is 35.4 Å². The van der Waals surface area contributed by atoms with E-state index in [0.717, 1.165) is 11.1 Å². The Kier molecular flexibility index (Phi) is 6.41. The molecule has 0 aromatic heterocycles. The molecule has 5 heteroatoms. The van der Waals surface area contributed by atoms with E-state index < -0.39 is 5.92 Å². The van der Waals surface area contributed by atoms with Crippen LogP contribution in [0.5, 0.6) is 5.75 Å². The molecule has 3 aromatic rings. The molecule has 2 N–H and O–H groups in total. The fourth-order valence-corrected chi connectivity index (χ4v) is 2.94. The molecule has 0 spiro atoms. The molecule has 0 bridgehead atoms. The highest BCUT2D eigenvalue weighted by Gasteiger charge is 2.22. The maximum atomic E-state index is 12.9. The van der Waals surface area contributed by atoms with Crippen LogP contribution in [-0.2, 0) is 9.59 Å². The maximum Gasteiger partial charge on any atom is 0.243 e. The molecule has 142 valence electrons. The van der Waals surface area contributed by atoms with E-state index in [4.69, 9.17) is 4.74 Å². The van der Waals surface area contributed by atoms with E-state index in [2.05, 4.69) is 10.6 Å². The average Bonchev–Trinajstić information content (AvgIpc) is 2.74. The van der Waals surface area contributed by atoms with Crippen LogP contribution in [0.1, 0.15) is 17.0 Å². The summed E-state index contributed by atoms with van der Waals surface area (Å²) in [6, 6.07) is 26.1. The third kappa shape index (κ3) is 4.98. The van der Waals surface area contributed by atoms with Gasteiger partial charge in [0.25, 0.3) is 0 Å². The second-order valence-corrected chi connectivity index (χ2v) is 6.25. The lowest BCUT2D eigenvalue weighted by Gasteiger charge is -2.18. The number of hydrogen-bond acceptors (Lipinski definition) is 3. The van der Waals surface area contributed by atoms with Crippen molar-refractivity contribution in [2.45, 2.75) is 5.92 Å². The van der Waals surface area contributed by atoms with Crippen LogP contribution in [0.25, 0.3) is 0 Å². The quantitative estimate of drug-likeness (QED) is 0.664. The Bertz CT molecular complexity index is 870. The van der Waals surface area contributed by atoms with Crippen LogP contribution in [0.4, 0.5) is 5.69 Å². The molecule has 0 unspecified atom stereocenters. The molecule has 3 rings (SSSR count). The molecule has 0 radical (unpaired) electrons. The van der Waals surface area contributed by atoms with Crippen molar-refractivity contribution >= 4 is 17.5 Å². The number of carbonyl (C=O) groups is 2. The highest BCUT2D eigenvalue weighted by atomic mass is 16.5. The largest absolute Gasteiger partial charge is 0.497 e. The van der Waals surface area contributed by atoms with Crippen molar-refractivity contribution in [2.24, 2.45) is 0 Å². The van der Waals surface area contributed by atoms with Gasteiger partial charge in [0.2, 0.25) is 11.8 Å². The van der Waals surface area contributed by atoms with Crippen molar-refractivity contribution in [3.8, 4) is 5.75 Å². The smallest absolute Gasteiger partial charge is 0.243 e. The first-order valence-electron chi connectivity index (χ1n) is 8.99. The maximum absolute atomic E-state index is 12.9. The summed E-state index contributed by atoms with van der Waals surface area (Å²) >= 11 is 0. The molecule has 0 saturated carbocycles. The van der Waals surface area contributed by atoms with Crippen molar-refractivity contribution in [2.75, 3.05) is 19.0 Å². The number of ether oxygens (including phenoxy) is 1. The van der Waals surface area contributed by atoms with Gasteiger partial charge in [-0.2, -0.15) is 0 Å². The van der Waals surface area contributed by atoms with Gasteiger partial charge < -0.3 is 15.4 Å². The van der Waals surface area contributed by atoms with Crippen LogP contribution in [0, 0.1) is 0 Å². The molecule has 0 aliphatic rings. The summed E-state index contributed by atoms with van der Waals surface area (Å²) in [6.45, 7) is -0.110. The molecular formula is C23H22N2O3. The summed E-state index contributed by atoms with van der Waals surface area (Å²) in [7, 11) is 1.58. The molecule has 0 aliphatic carbocycles. The summed E-state index contributed by atoms with van der Waals surface area (Å²) in [4.78, 5) is 25.1. The van der Waals surface area contributed by atoms with E-state index in [-0.39, 0.29) is 18.4 Å². The molecule has 0 saturated heterocycles. The first-order chi connectivity index (χ1) is 13.7. The second-order valence-electron chi connectivity index (χ2n) is 6.25. The van der Waals surface area contributed by atoms with Gasteiger partial charge in [-0.25, -0.2) is 0 Å². The molecule has 0 fully saturated rings. The second kappa shape index (κ2) is 9.37. The Balaban J connectivity index is 1.65. The zero-order chi connectivity index (χ0) is 19.8. The number of nitrogens with one attached hydrogen (secondary N) is 2. The summed E-state index contributed by atoms with van der Waals surface area (Å²) in [5, 5.41) is 5.50. The first kappa shape index (κ1) is 19.2. The lowest BCUT2D eigenvalue weighted by atomic mass is 9.90. The fraction of sp³-hybridized carbons (Fsp3) is 0.130. The zero-order valence-electron chi connectivity index (χ0n) is 15.6. The van der Waals surface area contributed by atoms with E-state index >= 15 is 0 Å². The highest BCUT2D eigenvalue weighted by Crippen LogP contribution is 2.24. The molecule has 5 nitrogen and oxygen atoms in total. The van der Waals surface area contributed by atoms with Crippen LogP contribution in [0.15, 0.2) is 84.9 Å². The van der Waals surface area contributed by atoms with E-state index in [1.807, 2.05) is 60.7 Å². The van der Waals surface area contributed by atoms with Gasteiger partial charge in [-0.1, -0.05) is 60.7 Å². The topological polar surface area (TPSA) is 67.4 Å². The van der Waals surface area contributed by atoms with Crippen molar-refractivity contribution in [3.63, 3.8) is 0 Å². The standard InChI is InChI=1S/C23H22N2O3/c1-28-20-14-12-19(13-15-20)25-21(26)16-24-23(27)22(17-8-4-2-5-9-17)18-10-6-3-7-11-18/h2-15,22H,16H2,1H3,(H,24,27)(H,25,26). The Morgan fingerprint density at radius 2 is 1.36 bits per heavy atom. The van der Waals surface area contributed by atoms with Crippen LogP contribution in [0.3, 0.4) is 0 Å². The predicted molar refractivity (Wildman–Crippen MR) is 109 cm³/mol. The summed E-state index contributed by atoms with van der Waals surface area (Å²) in [6.07, 6.45) is 0. The Hall–Kier alpha value is -3.60. The molecule has 0 atom stereocenters. The zero-order valence-corrected chi connectivity index (χ0v) is 15.6. The Morgan fingerprint density at radius 1 is 0.821 bits per heavy atom. The molecule has 0 heterocycles. The molecule has 0 aliphatic heterocycles. The fourth-order valence-electron chi connectivity index (χ4n) is 2.94. The number of methoxy groups -OCH3 is 1. The molecule has 3 aromatic carbocycles. The monoisotopic (exact) mass is 374 g/mol. The van der Waals surface area contributed by atoms with Gasteiger partial charge in [0.15, 0.2) is 0 Å². The number of benzene rings is 3. The van der Waals surface area contributed by atoms with Gasteiger partial charge in [0.1, 0.15) is 5.75 Å². The minimum absolute atomic E-state index is 0.110. The lowest BCUT2D eigenvalue weighted by molar-refractivity contribution is -0.124. The molecular weight excluding hydrogens is 352 g/mol. The van der Waals surface area contributed by atoms with Crippen molar-refractivity contribution in [1.82, 2.24) is 5.32 Å². The molecule has 2 amide bonds. The summed E-state index contributed by atoms with van der Waals surface area (Å²) < 4.78 is 5.09. The van der Waals surface area contributed by atoms with Crippen molar-refractivity contribution in [3.05, 3.63) is 96.1 Å². The number of amides is 2. The van der Waals surface area contributed by atoms with Crippen LogP contribution < -0.4 is 15.4 Å². The Labute approximate surface area is 164 Å². The normalized spacial score (nSPS) is 10.4. The van der Waals surface area contributed by atoms with Crippen molar-refractivity contribution < 1.29 is 14.3 Å². The predicted octanol–water partition coefficient (Wildman–Crippen LogP) is 3.58. The van der Waals surface area contributed by atoms with E-state index in [0.29, 0.717) is 11.4 Å². The molecule has 28 heavy (non-hydrogen) atoms. The van der Waals surface area contributed by atoms with Crippen LogP contribution in [-0.4, -0.2) is 25.5 Å². The van der Waals surface area contributed by atoms with Crippen molar-refractivity contribution in [1.29, 1.82) is 0 Å².